The van der Waals surface area contributed by atoms with E-state index in [1.54, 1.807) is 0 Å². The largest absolute Gasteiger partial charge is 0.379 e. The zero-order chi connectivity index (χ0) is 25.4. The van der Waals surface area contributed by atoms with Crippen LogP contribution in [0.1, 0.15) is 65.2 Å². The molecule has 1 amide bonds. The molecule has 8 atom stereocenters. The summed E-state index contributed by atoms with van der Waals surface area (Å²) in [7, 11) is 1.91. The lowest BCUT2D eigenvalue weighted by atomic mass is 9.75. The van der Waals surface area contributed by atoms with Crippen molar-refractivity contribution in [1.82, 2.24) is 19.4 Å². The van der Waals surface area contributed by atoms with E-state index in [4.69, 9.17) is 10.1 Å². The Morgan fingerprint density at radius 2 is 1.92 bits per heavy atom. The molecule has 0 spiro atoms. The molecule has 202 valence electrons. The van der Waals surface area contributed by atoms with Gasteiger partial charge < -0.3 is 19.2 Å². The Hall–Kier alpha value is -1.67. The second kappa shape index (κ2) is 11.0. The first kappa shape index (κ1) is 26.0. The van der Waals surface area contributed by atoms with Crippen LogP contribution in [0, 0.1) is 35.0 Å². The number of hydrogen-bond donors (Lipinski definition) is 2. The second-order valence-electron chi connectivity index (χ2n) is 12.4. The maximum atomic E-state index is 14.2. The highest BCUT2D eigenvalue weighted by Gasteiger charge is 2.43. The van der Waals surface area contributed by atoms with Gasteiger partial charge in [-0.1, -0.05) is 6.92 Å². The molecule has 36 heavy (non-hydrogen) atoms. The van der Waals surface area contributed by atoms with Crippen molar-refractivity contribution in [3.63, 3.8) is 0 Å². The molecule has 2 N–H and O–H groups in total. The van der Waals surface area contributed by atoms with Gasteiger partial charge in [0.05, 0.1) is 13.2 Å². The molecule has 1 aromatic rings. The molecule has 5 rings (SSSR count). The van der Waals surface area contributed by atoms with Crippen molar-refractivity contribution < 1.29 is 13.9 Å². The summed E-state index contributed by atoms with van der Waals surface area (Å²) in [6.07, 6.45) is 10.8. The van der Waals surface area contributed by atoms with E-state index in [9.17, 15) is 9.18 Å². The van der Waals surface area contributed by atoms with Gasteiger partial charge in [0.2, 0.25) is 11.5 Å². The van der Waals surface area contributed by atoms with Crippen LogP contribution in [-0.4, -0.2) is 64.0 Å². The standard InChI is InChI=1S/C28H46FN5O2/c1-18-12-22(6-7-25(18)29)26(21-4-5-21)31-27(35)23-13-20(16-33-9-8-32(3)28(33)30)14-24(15-23)34-10-11-36-17-19(34)2/h8-9,18-26,30H,4-7,10-17H2,1-3H3,(H,31,35)/t18?,19-,20?,22?,23?,24?,25?,26+/m1/s1. The first-order chi connectivity index (χ1) is 17.3. The zero-order valence-electron chi connectivity index (χ0n) is 22.4. The number of carbonyl (C=O) groups is 1. The number of alkyl halides is 1. The summed E-state index contributed by atoms with van der Waals surface area (Å²) in [4.78, 5) is 16.4. The number of ether oxygens (including phenoxy) is 1. The lowest BCUT2D eigenvalue weighted by Gasteiger charge is -2.45. The van der Waals surface area contributed by atoms with Crippen LogP contribution in [0.25, 0.3) is 0 Å². The van der Waals surface area contributed by atoms with Crippen molar-refractivity contribution >= 4 is 5.91 Å². The number of morpholine rings is 1. The van der Waals surface area contributed by atoms with Crippen LogP contribution in [0.15, 0.2) is 12.4 Å². The van der Waals surface area contributed by atoms with E-state index in [0.717, 1.165) is 58.4 Å². The summed E-state index contributed by atoms with van der Waals surface area (Å²) in [5, 5.41) is 11.9. The molecule has 1 aromatic heterocycles. The lowest BCUT2D eigenvalue weighted by Crippen LogP contribution is -2.54. The molecule has 1 saturated heterocycles. The Labute approximate surface area is 215 Å². The topological polar surface area (TPSA) is 75.3 Å². The van der Waals surface area contributed by atoms with Crippen LogP contribution < -0.4 is 10.9 Å². The van der Waals surface area contributed by atoms with Gasteiger partial charge in [0, 0.05) is 56.6 Å². The second-order valence-corrected chi connectivity index (χ2v) is 12.4. The molecule has 0 bridgehead atoms. The Morgan fingerprint density at radius 3 is 2.58 bits per heavy atom. The van der Waals surface area contributed by atoms with E-state index < -0.39 is 6.17 Å². The maximum Gasteiger partial charge on any atom is 0.223 e. The lowest BCUT2D eigenvalue weighted by molar-refractivity contribution is -0.130. The number of nitrogens with one attached hydrogen (secondary N) is 2. The minimum absolute atomic E-state index is 0.0153. The minimum Gasteiger partial charge on any atom is -0.379 e. The van der Waals surface area contributed by atoms with E-state index in [1.807, 2.05) is 35.5 Å². The molecule has 0 aromatic carbocycles. The third-order valence-corrected chi connectivity index (χ3v) is 9.62. The fourth-order valence-electron chi connectivity index (χ4n) is 7.36. The first-order valence-corrected chi connectivity index (χ1v) is 14.3. The van der Waals surface area contributed by atoms with Gasteiger partial charge in [0.15, 0.2) is 0 Å². The van der Waals surface area contributed by atoms with Gasteiger partial charge in [0.25, 0.3) is 0 Å². The van der Waals surface area contributed by atoms with Gasteiger partial charge in [-0.2, -0.15) is 0 Å². The molecule has 0 radical (unpaired) electrons. The van der Waals surface area contributed by atoms with Gasteiger partial charge in [-0.15, -0.1) is 0 Å². The van der Waals surface area contributed by atoms with Crippen LogP contribution in [0.5, 0.6) is 0 Å². The highest BCUT2D eigenvalue weighted by Crippen LogP contribution is 2.43. The molecule has 8 heteroatoms. The average Bonchev–Trinajstić information content (AvgIpc) is 3.66. The van der Waals surface area contributed by atoms with Gasteiger partial charge >= 0.3 is 0 Å². The summed E-state index contributed by atoms with van der Waals surface area (Å²) in [5.41, 5.74) is 0.504. The van der Waals surface area contributed by atoms with E-state index in [2.05, 4.69) is 17.1 Å². The quantitative estimate of drug-likeness (QED) is 0.598. The molecule has 2 heterocycles. The minimum atomic E-state index is -0.690. The molecule has 4 aliphatic rings. The molecule has 6 unspecified atom stereocenters. The predicted molar refractivity (Wildman–Crippen MR) is 137 cm³/mol. The third kappa shape index (κ3) is 5.74. The first-order valence-electron chi connectivity index (χ1n) is 14.3. The number of aryl methyl sites for hydroxylation is 1. The summed E-state index contributed by atoms with van der Waals surface area (Å²) >= 11 is 0. The van der Waals surface area contributed by atoms with Gasteiger partial charge in [-0.05, 0) is 82.0 Å². The monoisotopic (exact) mass is 503 g/mol. The number of carbonyl (C=O) groups excluding carboxylic acids is 1. The molecule has 7 nitrogen and oxygen atoms in total. The maximum absolute atomic E-state index is 14.2. The number of rotatable bonds is 7. The van der Waals surface area contributed by atoms with Crippen molar-refractivity contribution in [3.8, 4) is 0 Å². The van der Waals surface area contributed by atoms with E-state index in [-0.39, 0.29) is 23.8 Å². The summed E-state index contributed by atoms with van der Waals surface area (Å²) < 4.78 is 23.7. The molecule has 3 saturated carbocycles. The number of aromatic nitrogens is 2. The fraction of sp³-hybridized carbons (Fsp3) is 0.857. The normalized spacial score (nSPS) is 36.9. The van der Waals surface area contributed by atoms with Crippen molar-refractivity contribution in [3.05, 3.63) is 18.0 Å². The van der Waals surface area contributed by atoms with Crippen LogP contribution in [0.3, 0.4) is 0 Å². The molecule has 3 aliphatic carbocycles. The SMILES string of the molecule is CC1CC([C@@H](NC(=O)C2CC(Cn3ccn(C)c3=N)CC(N3CCOC[C@H]3C)C2)C2CC2)CCC1F. The Balaban J connectivity index is 1.30. The van der Waals surface area contributed by atoms with Crippen molar-refractivity contribution in [2.45, 2.75) is 96.1 Å². The number of imidazole rings is 1. The van der Waals surface area contributed by atoms with E-state index >= 15 is 0 Å². The van der Waals surface area contributed by atoms with Crippen LogP contribution in [-0.2, 0) is 23.1 Å². The van der Waals surface area contributed by atoms with Crippen molar-refractivity contribution in [2.75, 3.05) is 19.8 Å². The summed E-state index contributed by atoms with van der Waals surface area (Å²) in [6, 6.07) is 0.925. The Kier molecular flexibility index (Phi) is 7.92. The van der Waals surface area contributed by atoms with E-state index in [0.29, 0.717) is 41.9 Å². The number of nitrogens with zero attached hydrogens (tertiary/aromatic N) is 3. The highest BCUT2D eigenvalue weighted by molar-refractivity contribution is 5.79. The average molecular weight is 504 g/mol. The van der Waals surface area contributed by atoms with E-state index in [1.165, 1.54) is 12.8 Å². The van der Waals surface area contributed by atoms with Gasteiger partial charge in [-0.25, -0.2) is 4.39 Å². The Bertz CT molecular complexity index is 958. The van der Waals surface area contributed by atoms with Crippen LogP contribution in [0.2, 0.25) is 0 Å². The zero-order valence-corrected chi connectivity index (χ0v) is 22.4. The predicted octanol–water partition coefficient (Wildman–Crippen LogP) is 3.48. The summed E-state index contributed by atoms with van der Waals surface area (Å²) in [5.74, 6) is 1.62. The number of halogens is 1. The van der Waals surface area contributed by atoms with Crippen molar-refractivity contribution in [2.24, 2.45) is 36.6 Å². The van der Waals surface area contributed by atoms with Crippen molar-refractivity contribution in [1.29, 1.82) is 5.41 Å². The molecular formula is C28H46FN5O2. The molecular weight excluding hydrogens is 457 g/mol. The van der Waals surface area contributed by atoms with Gasteiger partial charge in [-0.3, -0.25) is 15.1 Å². The third-order valence-electron chi connectivity index (χ3n) is 9.62. The fourth-order valence-corrected chi connectivity index (χ4v) is 7.36. The number of hydrogen-bond acceptors (Lipinski definition) is 4. The smallest absolute Gasteiger partial charge is 0.223 e. The number of amides is 1. The van der Waals surface area contributed by atoms with Gasteiger partial charge in [0.1, 0.15) is 6.17 Å². The highest BCUT2D eigenvalue weighted by atomic mass is 19.1. The Morgan fingerprint density at radius 1 is 1.14 bits per heavy atom. The molecule has 1 aliphatic heterocycles. The summed E-state index contributed by atoms with van der Waals surface area (Å²) in [6.45, 7) is 7.47. The van der Waals surface area contributed by atoms with Crippen LogP contribution in [0.4, 0.5) is 4.39 Å². The van der Waals surface area contributed by atoms with Crippen LogP contribution >= 0.6 is 0 Å². The molecule has 4 fully saturated rings.